The minimum absolute atomic E-state index is 0.0226. The molecule has 0 saturated heterocycles. The first-order chi connectivity index (χ1) is 14.4. The zero-order valence-electron chi connectivity index (χ0n) is 15.8. The third-order valence-corrected chi connectivity index (χ3v) is 7.78. The van der Waals surface area contributed by atoms with Crippen LogP contribution in [-0.4, -0.2) is 20.7 Å². The van der Waals surface area contributed by atoms with Crippen molar-refractivity contribution in [3.05, 3.63) is 87.6 Å². The van der Waals surface area contributed by atoms with E-state index in [1.807, 2.05) is 42.2 Å². The molecule has 5 nitrogen and oxygen atoms in total. The maximum absolute atomic E-state index is 14.8. The standard InChI is InChI=1S/C22H15FN2O3S2/c1-2-25-17-8-4-5-9-18(17)29-22(25)14(13-24)11-15(23)12-20-21(26)16-7-3-6-10-19(16)30(20,27)28/h3-12H,2H2,1H3. The van der Waals surface area contributed by atoms with Crippen LogP contribution >= 0.6 is 11.8 Å². The number of carbonyl (C=O) groups excluding carboxylic acids is 1. The summed E-state index contributed by atoms with van der Waals surface area (Å²) >= 11 is 1.34. The molecule has 0 radical (unpaired) electrons. The second kappa shape index (κ2) is 7.59. The van der Waals surface area contributed by atoms with Crippen LogP contribution in [0.15, 0.2) is 91.8 Å². The SMILES string of the molecule is CCN1C(=C(C#N)C=C(F)C=C2C(=O)c3ccccc3S2(=O)=O)Sc2ccccc21. The predicted octanol–water partition coefficient (Wildman–Crippen LogP) is 4.76. The van der Waals surface area contributed by atoms with Crippen LogP contribution in [0.1, 0.15) is 17.3 Å². The van der Waals surface area contributed by atoms with E-state index in [9.17, 15) is 22.9 Å². The number of benzene rings is 2. The first-order valence-corrected chi connectivity index (χ1v) is 11.3. The molecule has 0 spiro atoms. The molecular formula is C22H15FN2O3S2. The van der Waals surface area contributed by atoms with Gasteiger partial charge in [0.15, 0.2) is 0 Å². The second-order valence-corrected chi connectivity index (χ2v) is 9.43. The van der Waals surface area contributed by atoms with E-state index in [4.69, 9.17) is 0 Å². The molecule has 0 aromatic heterocycles. The Kier molecular flexibility index (Phi) is 5.10. The van der Waals surface area contributed by atoms with Crippen LogP contribution in [0.2, 0.25) is 0 Å². The number of para-hydroxylation sites is 1. The topological polar surface area (TPSA) is 78.2 Å². The van der Waals surface area contributed by atoms with Gasteiger partial charge in [0.25, 0.3) is 0 Å². The fourth-order valence-corrected chi connectivity index (χ4v) is 6.16. The molecule has 2 aromatic rings. The van der Waals surface area contributed by atoms with Crippen molar-refractivity contribution in [2.75, 3.05) is 11.4 Å². The largest absolute Gasteiger partial charge is 0.334 e. The zero-order valence-corrected chi connectivity index (χ0v) is 17.4. The molecule has 0 amide bonds. The fraction of sp³-hybridized carbons (Fsp3) is 0.0909. The van der Waals surface area contributed by atoms with E-state index in [-0.39, 0.29) is 16.0 Å². The number of thioether (sulfide) groups is 1. The third kappa shape index (κ3) is 3.16. The van der Waals surface area contributed by atoms with Gasteiger partial charge in [-0.15, -0.1) is 0 Å². The summed E-state index contributed by atoms with van der Waals surface area (Å²) in [7, 11) is -4.10. The summed E-state index contributed by atoms with van der Waals surface area (Å²) in [5, 5.41) is 10.2. The molecule has 150 valence electrons. The van der Waals surface area contributed by atoms with Gasteiger partial charge in [-0.25, -0.2) is 12.8 Å². The molecule has 0 unspecified atom stereocenters. The summed E-state index contributed by atoms with van der Waals surface area (Å²) in [4.78, 5) is 14.5. The van der Waals surface area contributed by atoms with Crippen molar-refractivity contribution in [1.29, 1.82) is 5.26 Å². The van der Waals surface area contributed by atoms with Gasteiger partial charge in [0.2, 0.25) is 15.6 Å². The van der Waals surface area contributed by atoms with Gasteiger partial charge in [0.05, 0.1) is 21.2 Å². The van der Waals surface area contributed by atoms with E-state index in [0.29, 0.717) is 17.6 Å². The van der Waals surface area contributed by atoms with Gasteiger partial charge in [-0.2, -0.15) is 5.26 Å². The highest BCUT2D eigenvalue weighted by atomic mass is 32.2. The Morgan fingerprint density at radius 1 is 1.20 bits per heavy atom. The number of fused-ring (bicyclic) bond motifs is 2. The molecule has 0 saturated carbocycles. The molecule has 0 fully saturated rings. The van der Waals surface area contributed by atoms with Crippen LogP contribution in [0.25, 0.3) is 0 Å². The number of Topliss-reactive ketones (excluding diaryl/α,β-unsaturated/α-hetero) is 1. The Morgan fingerprint density at radius 2 is 1.90 bits per heavy atom. The lowest BCUT2D eigenvalue weighted by Gasteiger charge is -2.18. The summed E-state index contributed by atoms with van der Waals surface area (Å²) in [6.45, 7) is 2.49. The molecule has 2 aliphatic heterocycles. The average molecular weight is 439 g/mol. The monoisotopic (exact) mass is 438 g/mol. The molecule has 8 heteroatoms. The Labute approximate surface area is 177 Å². The lowest BCUT2D eigenvalue weighted by Crippen LogP contribution is -2.17. The summed E-state index contributed by atoms with van der Waals surface area (Å²) in [5.74, 6) is -1.73. The number of nitrogens with zero attached hydrogens (tertiary/aromatic N) is 2. The number of hydrogen-bond acceptors (Lipinski definition) is 6. The highest BCUT2D eigenvalue weighted by molar-refractivity contribution is 8.03. The Balaban J connectivity index is 1.76. The Hall–Kier alpha value is -3.15. The predicted molar refractivity (Wildman–Crippen MR) is 113 cm³/mol. The average Bonchev–Trinajstić information content (AvgIpc) is 3.21. The number of rotatable bonds is 3. The molecule has 2 heterocycles. The first kappa shape index (κ1) is 20.1. The van der Waals surface area contributed by atoms with Crippen LogP contribution in [0.5, 0.6) is 0 Å². The Morgan fingerprint density at radius 3 is 2.60 bits per heavy atom. The molecule has 2 aromatic carbocycles. The molecule has 0 aliphatic carbocycles. The quantitative estimate of drug-likeness (QED) is 0.508. The van der Waals surface area contributed by atoms with Gasteiger partial charge >= 0.3 is 0 Å². The third-order valence-electron chi connectivity index (χ3n) is 4.76. The van der Waals surface area contributed by atoms with Crippen molar-refractivity contribution in [1.82, 2.24) is 0 Å². The van der Waals surface area contributed by atoms with Gasteiger partial charge in [-0.3, -0.25) is 4.79 Å². The molecule has 0 atom stereocenters. The smallest absolute Gasteiger partial charge is 0.211 e. The number of hydrogen-bond donors (Lipinski definition) is 0. The minimum Gasteiger partial charge on any atom is -0.334 e. The van der Waals surface area contributed by atoms with Crippen molar-refractivity contribution in [2.45, 2.75) is 16.7 Å². The number of nitriles is 1. The molecule has 0 N–H and O–H groups in total. The van der Waals surface area contributed by atoms with Gasteiger partial charge in [-0.1, -0.05) is 36.0 Å². The summed E-state index contributed by atoms with van der Waals surface area (Å²) in [5.41, 5.74) is 0.992. The highest BCUT2D eigenvalue weighted by Gasteiger charge is 2.39. The highest BCUT2D eigenvalue weighted by Crippen LogP contribution is 2.47. The molecule has 0 bridgehead atoms. The second-order valence-electron chi connectivity index (χ2n) is 6.51. The lowest BCUT2D eigenvalue weighted by atomic mass is 10.1. The zero-order chi connectivity index (χ0) is 21.5. The van der Waals surface area contributed by atoms with Crippen molar-refractivity contribution in [2.24, 2.45) is 0 Å². The maximum Gasteiger partial charge on any atom is 0.211 e. The van der Waals surface area contributed by atoms with E-state index >= 15 is 0 Å². The number of carbonyl (C=O) groups is 1. The lowest BCUT2D eigenvalue weighted by molar-refractivity contribution is 0.104. The van der Waals surface area contributed by atoms with Crippen LogP contribution in [0.3, 0.4) is 0 Å². The van der Waals surface area contributed by atoms with Gasteiger partial charge in [0.1, 0.15) is 16.8 Å². The number of halogens is 1. The van der Waals surface area contributed by atoms with E-state index in [1.165, 1.54) is 30.0 Å². The minimum atomic E-state index is -4.10. The van der Waals surface area contributed by atoms with Gasteiger partial charge in [0, 0.05) is 17.0 Å². The van der Waals surface area contributed by atoms with Crippen LogP contribution in [-0.2, 0) is 9.84 Å². The van der Waals surface area contributed by atoms with Crippen LogP contribution < -0.4 is 4.90 Å². The molecule has 4 rings (SSSR count). The summed E-state index contributed by atoms with van der Waals surface area (Å²) in [6.07, 6.45) is 1.66. The van der Waals surface area contributed by atoms with Crippen molar-refractivity contribution < 1.29 is 17.6 Å². The molecular weight excluding hydrogens is 423 g/mol. The summed E-state index contributed by atoms with van der Waals surface area (Å²) < 4.78 is 40.0. The van der Waals surface area contributed by atoms with E-state index in [0.717, 1.165) is 16.7 Å². The Bertz CT molecular complexity index is 1320. The van der Waals surface area contributed by atoms with Crippen molar-refractivity contribution in [3.63, 3.8) is 0 Å². The summed E-state index contributed by atoms with van der Waals surface area (Å²) in [6, 6.07) is 15.3. The maximum atomic E-state index is 14.8. The van der Waals surface area contributed by atoms with Gasteiger partial charge < -0.3 is 4.90 Å². The fourth-order valence-electron chi connectivity index (χ4n) is 3.40. The van der Waals surface area contributed by atoms with E-state index in [1.54, 1.807) is 6.07 Å². The first-order valence-electron chi connectivity index (χ1n) is 9.05. The van der Waals surface area contributed by atoms with Crippen LogP contribution in [0.4, 0.5) is 10.1 Å². The van der Waals surface area contributed by atoms with Crippen molar-refractivity contribution in [3.8, 4) is 6.07 Å². The number of ketones is 1. The van der Waals surface area contributed by atoms with E-state index in [2.05, 4.69) is 0 Å². The molecule has 30 heavy (non-hydrogen) atoms. The van der Waals surface area contributed by atoms with Crippen LogP contribution in [0, 0.1) is 11.3 Å². The van der Waals surface area contributed by atoms with Crippen molar-refractivity contribution >= 4 is 33.1 Å². The number of allylic oxidation sites excluding steroid dienone is 5. The van der Waals surface area contributed by atoms with E-state index < -0.39 is 26.4 Å². The normalized spacial score (nSPS) is 20.2. The molecule has 2 aliphatic rings. The number of sulfone groups is 1. The van der Waals surface area contributed by atoms with Gasteiger partial charge in [-0.05, 0) is 43.3 Å². The number of anilines is 1.